The van der Waals surface area contributed by atoms with Gasteiger partial charge in [-0.3, -0.25) is 14.5 Å². The molecule has 3 heterocycles. The van der Waals surface area contributed by atoms with Crippen LogP contribution in [0.5, 0.6) is 11.5 Å². The number of amides is 4. The van der Waals surface area contributed by atoms with E-state index in [0.29, 0.717) is 34.1 Å². The van der Waals surface area contributed by atoms with Crippen LogP contribution in [0.25, 0.3) is 0 Å². The summed E-state index contributed by atoms with van der Waals surface area (Å²) in [5.74, 6) is -0.477. The highest BCUT2D eigenvalue weighted by atomic mass is 35.5. The topological polar surface area (TPSA) is 123 Å². The molecular weight excluding hydrogens is 558 g/mol. The number of thiophene rings is 1. The molecule has 2 aliphatic rings. The van der Waals surface area contributed by atoms with E-state index in [0.717, 1.165) is 15.3 Å². The molecule has 3 aromatic rings. The van der Waals surface area contributed by atoms with Gasteiger partial charge in [0, 0.05) is 16.3 Å². The molecule has 0 saturated carbocycles. The minimum Gasteiger partial charge on any atom is -0.462 e. The van der Waals surface area contributed by atoms with Crippen LogP contribution in [0, 0.1) is 6.92 Å². The Hall–Kier alpha value is -4.09. The van der Waals surface area contributed by atoms with Gasteiger partial charge in [0.25, 0.3) is 5.91 Å². The van der Waals surface area contributed by atoms with Crippen LogP contribution in [0.4, 0.5) is 9.80 Å². The molecule has 1 fully saturated rings. The van der Waals surface area contributed by atoms with Gasteiger partial charge < -0.3 is 24.8 Å². The number of carbonyl (C=O) groups is 4. The number of hydrogen-bond acceptors (Lipinski definition) is 8. The largest absolute Gasteiger partial charge is 0.462 e. The summed E-state index contributed by atoms with van der Waals surface area (Å²) in [6.45, 7) is 4.83. The van der Waals surface area contributed by atoms with Crippen molar-refractivity contribution in [2.75, 3.05) is 25.3 Å². The van der Waals surface area contributed by atoms with Crippen LogP contribution in [0.2, 0.25) is 5.02 Å². The fourth-order valence-corrected chi connectivity index (χ4v) is 6.00. The number of hydrogen-bond donors (Lipinski definition) is 2. The Morgan fingerprint density at radius 2 is 1.88 bits per heavy atom. The summed E-state index contributed by atoms with van der Waals surface area (Å²) < 4.78 is 16.1. The highest BCUT2D eigenvalue weighted by molar-refractivity contribution is 7.17. The number of carbonyl (C=O) groups excluding carboxylic acids is 4. The molecule has 10 nitrogen and oxygen atoms in total. The van der Waals surface area contributed by atoms with Gasteiger partial charge in [0.15, 0.2) is 11.5 Å². The minimum absolute atomic E-state index is 0.157. The van der Waals surface area contributed by atoms with E-state index in [4.69, 9.17) is 25.8 Å². The molecule has 5 rings (SSSR count). The van der Waals surface area contributed by atoms with Crippen molar-refractivity contribution in [3.63, 3.8) is 0 Å². The van der Waals surface area contributed by atoms with Gasteiger partial charge in [-0.05, 0) is 61.7 Å². The first-order chi connectivity index (χ1) is 19.1. The third-order valence-electron chi connectivity index (χ3n) is 6.78. The van der Waals surface area contributed by atoms with Crippen molar-refractivity contribution >= 4 is 51.8 Å². The van der Waals surface area contributed by atoms with Gasteiger partial charge in [-0.2, -0.15) is 0 Å². The highest BCUT2D eigenvalue weighted by Crippen LogP contribution is 2.38. The quantitative estimate of drug-likeness (QED) is 0.293. The van der Waals surface area contributed by atoms with E-state index >= 15 is 0 Å². The van der Waals surface area contributed by atoms with Gasteiger partial charge >= 0.3 is 12.0 Å². The van der Waals surface area contributed by atoms with Crippen molar-refractivity contribution in [2.45, 2.75) is 32.7 Å². The molecule has 1 saturated heterocycles. The van der Waals surface area contributed by atoms with Crippen molar-refractivity contribution in [1.82, 2.24) is 10.2 Å². The third-order valence-corrected chi connectivity index (χ3v) is 8.24. The zero-order valence-electron chi connectivity index (χ0n) is 22.0. The first-order valence-corrected chi connectivity index (χ1v) is 13.7. The molecule has 1 atom stereocenters. The van der Waals surface area contributed by atoms with Crippen molar-refractivity contribution in [1.29, 1.82) is 0 Å². The number of fused-ring (bicyclic) bond motifs is 1. The maximum atomic E-state index is 13.3. The standard InChI is InChI=1S/C28H26ClN3O7S/c1-4-37-25(34)23-15(2)21(12-16-5-10-19-20(11-16)39-14-38-19)40-24(23)30-22(33)13-32-26(35)28(3,31-27(32)36)17-6-8-18(29)9-7-17/h5-11H,4,12-14H2,1-3H3,(H,30,33)(H,31,36)/t28-/m0/s1. The lowest BCUT2D eigenvalue weighted by Crippen LogP contribution is -2.42. The first-order valence-electron chi connectivity index (χ1n) is 12.5. The Kier molecular flexibility index (Phi) is 7.43. The third kappa shape index (κ3) is 5.09. The van der Waals surface area contributed by atoms with Gasteiger partial charge in [-0.15, -0.1) is 11.3 Å². The monoisotopic (exact) mass is 583 g/mol. The maximum absolute atomic E-state index is 13.3. The second-order valence-corrected chi connectivity index (χ2v) is 11.0. The number of imide groups is 1. The molecule has 0 bridgehead atoms. The molecule has 0 spiro atoms. The number of ether oxygens (including phenoxy) is 3. The van der Waals surface area contributed by atoms with Crippen molar-refractivity contribution in [2.24, 2.45) is 0 Å². The summed E-state index contributed by atoms with van der Waals surface area (Å²) in [4.78, 5) is 53.6. The Bertz CT molecular complexity index is 1520. The summed E-state index contributed by atoms with van der Waals surface area (Å²) in [6.07, 6.45) is 0.474. The normalized spacial score (nSPS) is 17.6. The Morgan fingerprint density at radius 3 is 2.60 bits per heavy atom. The van der Waals surface area contributed by atoms with Gasteiger partial charge in [0.05, 0.1) is 12.2 Å². The number of urea groups is 1. The molecule has 12 heteroatoms. The average Bonchev–Trinajstić information content (AvgIpc) is 3.56. The van der Waals surface area contributed by atoms with Gasteiger partial charge in [0.2, 0.25) is 12.7 Å². The molecule has 0 aliphatic carbocycles. The van der Waals surface area contributed by atoms with Crippen molar-refractivity contribution in [3.8, 4) is 11.5 Å². The van der Waals surface area contributed by atoms with E-state index < -0.39 is 35.9 Å². The van der Waals surface area contributed by atoms with Crippen LogP contribution in [0.3, 0.4) is 0 Å². The Morgan fingerprint density at radius 1 is 1.15 bits per heavy atom. The molecule has 40 heavy (non-hydrogen) atoms. The molecular formula is C28H26ClN3O7S. The number of halogens is 1. The second-order valence-electron chi connectivity index (χ2n) is 9.44. The molecule has 2 aromatic carbocycles. The predicted octanol–water partition coefficient (Wildman–Crippen LogP) is 4.61. The van der Waals surface area contributed by atoms with Crippen LogP contribution >= 0.6 is 22.9 Å². The molecule has 0 radical (unpaired) electrons. The van der Waals surface area contributed by atoms with Crippen molar-refractivity contribution in [3.05, 3.63) is 74.6 Å². The zero-order valence-corrected chi connectivity index (χ0v) is 23.5. The molecule has 0 unspecified atom stereocenters. The van der Waals surface area contributed by atoms with Crippen LogP contribution in [-0.2, 0) is 26.3 Å². The number of rotatable bonds is 8. The molecule has 1 aromatic heterocycles. The van der Waals surface area contributed by atoms with E-state index in [1.54, 1.807) is 45.0 Å². The number of benzene rings is 2. The van der Waals surface area contributed by atoms with Gasteiger partial charge in [-0.1, -0.05) is 29.8 Å². The van der Waals surface area contributed by atoms with Crippen LogP contribution in [-0.4, -0.2) is 48.7 Å². The summed E-state index contributed by atoms with van der Waals surface area (Å²) in [5, 5.41) is 6.16. The Balaban J connectivity index is 1.36. The van der Waals surface area contributed by atoms with Crippen molar-refractivity contribution < 1.29 is 33.4 Å². The lowest BCUT2D eigenvalue weighted by molar-refractivity contribution is -0.133. The van der Waals surface area contributed by atoms with Gasteiger partial charge in [-0.25, -0.2) is 9.59 Å². The minimum atomic E-state index is -1.35. The first kappa shape index (κ1) is 27.5. The van der Waals surface area contributed by atoms with Gasteiger partial charge in [0.1, 0.15) is 17.1 Å². The van der Waals surface area contributed by atoms with Crippen LogP contribution in [0.1, 0.15) is 45.8 Å². The average molecular weight is 584 g/mol. The zero-order chi connectivity index (χ0) is 28.6. The fourth-order valence-electron chi connectivity index (χ4n) is 4.63. The highest BCUT2D eigenvalue weighted by Gasteiger charge is 2.49. The Labute approximate surface area is 239 Å². The van der Waals surface area contributed by atoms with E-state index in [-0.39, 0.29) is 24.0 Å². The van der Waals surface area contributed by atoms with E-state index in [2.05, 4.69) is 10.6 Å². The van der Waals surface area contributed by atoms with Crippen LogP contribution in [0.15, 0.2) is 42.5 Å². The number of anilines is 1. The van der Waals surface area contributed by atoms with E-state index in [1.165, 1.54) is 11.3 Å². The predicted molar refractivity (Wildman–Crippen MR) is 148 cm³/mol. The molecule has 208 valence electrons. The number of nitrogens with zero attached hydrogens (tertiary/aromatic N) is 1. The van der Waals surface area contributed by atoms with E-state index in [1.807, 2.05) is 18.2 Å². The van der Waals surface area contributed by atoms with E-state index in [9.17, 15) is 19.2 Å². The SMILES string of the molecule is CCOC(=O)c1c(NC(=O)CN2C(=O)N[C@@](C)(c3ccc(Cl)cc3)C2=O)sc(Cc2ccc3c(c2)OCO3)c1C. The lowest BCUT2D eigenvalue weighted by Gasteiger charge is -2.22. The maximum Gasteiger partial charge on any atom is 0.341 e. The number of esters is 1. The summed E-state index contributed by atoms with van der Waals surface area (Å²) in [5.41, 5.74) is 1.02. The second kappa shape index (κ2) is 10.8. The molecule has 2 aliphatic heterocycles. The number of nitrogens with one attached hydrogen (secondary N) is 2. The summed E-state index contributed by atoms with van der Waals surface area (Å²) in [7, 11) is 0. The van der Waals surface area contributed by atoms with Crippen LogP contribution < -0.4 is 20.1 Å². The summed E-state index contributed by atoms with van der Waals surface area (Å²) >= 11 is 7.19. The molecule has 2 N–H and O–H groups in total. The smallest absolute Gasteiger partial charge is 0.341 e. The summed E-state index contributed by atoms with van der Waals surface area (Å²) in [6, 6.07) is 11.4. The fraction of sp³-hybridized carbons (Fsp3) is 0.286. The molecule has 4 amide bonds. The lowest BCUT2D eigenvalue weighted by atomic mass is 9.92.